The number of carbonyl (C=O) groups excluding carboxylic acids is 2. The van der Waals surface area contributed by atoms with Gasteiger partial charge in [-0.3, -0.25) is 19.4 Å². The molecule has 1 aliphatic heterocycles. The molecule has 0 radical (unpaired) electrons. The average molecular weight is 589 g/mol. The number of nitrogens with zero attached hydrogens (tertiary/aromatic N) is 2. The standard InChI is InChI=1S/C31H35F3N4O2.ClH/c1-21-5-10-26(34)18-28(21)36-30(39)20-38-17-16-37(19-29(38)31(35)40)15-3-2-4-27(22-6-11-24(32)12-7-22)23-8-13-25(33)14-9-23;/h5-14,18,27,29H,2-4,15-17,19-20H2,1H3,(H2,35,40)(H,36,39);1H. The summed E-state index contributed by atoms with van der Waals surface area (Å²) in [4.78, 5) is 28.8. The molecule has 1 saturated heterocycles. The van der Waals surface area contributed by atoms with Crippen LogP contribution in [0, 0.1) is 24.4 Å². The SMILES string of the molecule is Cc1ccc(F)cc1NC(=O)CN1CCN(CCCCC(c2ccc(F)cc2)c2ccc(F)cc2)CC1C(N)=O.Cl. The van der Waals surface area contributed by atoms with Gasteiger partial charge in [-0.2, -0.15) is 0 Å². The number of amides is 2. The number of halogens is 4. The molecule has 6 nitrogen and oxygen atoms in total. The lowest BCUT2D eigenvalue weighted by Crippen LogP contribution is -2.59. The first-order valence-electron chi connectivity index (χ1n) is 13.5. The Kier molecular flexibility index (Phi) is 11.8. The maximum absolute atomic E-state index is 13.6. The van der Waals surface area contributed by atoms with Crippen LogP contribution in [0.15, 0.2) is 66.7 Å². The first-order chi connectivity index (χ1) is 19.2. The molecule has 0 bridgehead atoms. The van der Waals surface area contributed by atoms with E-state index in [2.05, 4.69) is 10.2 Å². The number of benzene rings is 3. The lowest BCUT2D eigenvalue weighted by molar-refractivity contribution is -0.127. The van der Waals surface area contributed by atoms with Crippen molar-refractivity contribution < 1.29 is 22.8 Å². The molecule has 3 N–H and O–H groups in total. The van der Waals surface area contributed by atoms with Crippen LogP contribution in [0.25, 0.3) is 0 Å². The van der Waals surface area contributed by atoms with Crippen molar-refractivity contribution in [2.24, 2.45) is 5.73 Å². The number of aryl methyl sites for hydroxylation is 1. The van der Waals surface area contributed by atoms with Crippen LogP contribution in [-0.4, -0.2) is 60.4 Å². The number of anilines is 1. The van der Waals surface area contributed by atoms with Gasteiger partial charge in [0.25, 0.3) is 0 Å². The Bertz CT molecular complexity index is 1260. The smallest absolute Gasteiger partial charge is 0.238 e. The van der Waals surface area contributed by atoms with Gasteiger partial charge in [0, 0.05) is 31.2 Å². The number of rotatable bonds is 11. The Labute approximate surface area is 245 Å². The third-order valence-corrected chi connectivity index (χ3v) is 7.49. The van der Waals surface area contributed by atoms with Crippen molar-refractivity contribution in [2.75, 3.05) is 38.0 Å². The van der Waals surface area contributed by atoms with E-state index in [0.717, 1.165) is 42.5 Å². The highest BCUT2D eigenvalue weighted by Crippen LogP contribution is 2.30. The molecule has 1 fully saturated rings. The van der Waals surface area contributed by atoms with Gasteiger partial charge in [0.05, 0.1) is 6.54 Å². The number of hydrogen-bond donors (Lipinski definition) is 2. The van der Waals surface area contributed by atoms with Gasteiger partial charge in [0.2, 0.25) is 11.8 Å². The molecule has 1 unspecified atom stereocenters. The summed E-state index contributed by atoms with van der Waals surface area (Å²) in [6, 6.07) is 16.4. The van der Waals surface area contributed by atoms with Gasteiger partial charge in [-0.05, 0) is 79.4 Å². The molecule has 0 aromatic heterocycles. The van der Waals surface area contributed by atoms with E-state index in [-0.39, 0.29) is 42.4 Å². The first kappa shape index (κ1) is 32.1. The Morgan fingerprint density at radius 3 is 2.07 bits per heavy atom. The molecule has 3 aromatic carbocycles. The molecular weight excluding hydrogens is 553 g/mol. The molecule has 41 heavy (non-hydrogen) atoms. The summed E-state index contributed by atoms with van der Waals surface area (Å²) in [6.07, 6.45) is 2.54. The summed E-state index contributed by atoms with van der Waals surface area (Å²) >= 11 is 0. The summed E-state index contributed by atoms with van der Waals surface area (Å²) in [5, 5.41) is 2.73. The Hall–Kier alpha value is -3.40. The van der Waals surface area contributed by atoms with Gasteiger partial charge in [0.15, 0.2) is 0 Å². The fourth-order valence-corrected chi connectivity index (χ4v) is 5.24. The van der Waals surface area contributed by atoms with Crippen LogP contribution in [0.1, 0.15) is 41.9 Å². The van der Waals surface area contributed by atoms with E-state index in [9.17, 15) is 22.8 Å². The van der Waals surface area contributed by atoms with Crippen molar-refractivity contribution in [1.29, 1.82) is 0 Å². The van der Waals surface area contributed by atoms with Crippen LogP contribution in [0.5, 0.6) is 0 Å². The quantitative estimate of drug-likeness (QED) is 0.300. The van der Waals surface area contributed by atoms with Crippen molar-refractivity contribution >= 4 is 29.9 Å². The minimum atomic E-state index is -0.612. The third-order valence-electron chi connectivity index (χ3n) is 7.49. The van der Waals surface area contributed by atoms with Crippen LogP contribution >= 0.6 is 12.4 Å². The van der Waals surface area contributed by atoms with Crippen molar-refractivity contribution in [1.82, 2.24) is 9.80 Å². The predicted octanol–water partition coefficient (Wildman–Crippen LogP) is 5.25. The second-order valence-corrected chi connectivity index (χ2v) is 10.3. The zero-order valence-corrected chi connectivity index (χ0v) is 23.8. The van der Waals surface area contributed by atoms with E-state index in [1.54, 1.807) is 42.2 Å². The molecular formula is C31H36ClF3N4O2. The van der Waals surface area contributed by atoms with Crippen molar-refractivity contribution in [3.05, 3.63) is 101 Å². The number of hydrogen-bond acceptors (Lipinski definition) is 4. The van der Waals surface area contributed by atoms with Crippen LogP contribution < -0.4 is 11.1 Å². The van der Waals surface area contributed by atoms with Gasteiger partial charge in [-0.1, -0.05) is 36.8 Å². The van der Waals surface area contributed by atoms with Crippen molar-refractivity contribution in [3.63, 3.8) is 0 Å². The summed E-state index contributed by atoms with van der Waals surface area (Å²) < 4.78 is 40.6. The Morgan fingerprint density at radius 1 is 0.902 bits per heavy atom. The summed E-state index contributed by atoms with van der Waals surface area (Å²) in [5.41, 5.74) is 8.79. The van der Waals surface area contributed by atoms with E-state index < -0.39 is 17.8 Å². The maximum atomic E-state index is 13.6. The van der Waals surface area contributed by atoms with Crippen LogP contribution in [0.4, 0.5) is 18.9 Å². The molecule has 0 saturated carbocycles. The maximum Gasteiger partial charge on any atom is 0.238 e. The molecule has 1 aliphatic rings. The average Bonchev–Trinajstić information content (AvgIpc) is 2.92. The zero-order chi connectivity index (χ0) is 28.6. The number of primary amides is 1. The fraction of sp³-hybridized carbons (Fsp3) is 0.355. The summed E-state index contributed by atoms with van der Waals surface area (Å²) in [7, 11) is 0. The minimum absolute atomic E-state index is 0. The monoisotopic (exact) mass is 588 g/mol. The number of unbranched alkanes of at least 4 members (excludes halogenated alkanes) is 1. The molecule has 0 aliphatic carbocycles. The highest BCUT2D eigenvalue weighted by Gasteiger charge is 2.32. The number of carbonyl (C=O) groups is 2. The van der Waals surface area contributed by atoms with E-state index >= 15 is 0 Å². The third kappa shape index (κ3) is 9.05. The molecule has 1 heterocycles. The van der Waals surface area contributed by atoms with E-state index in [4.69, 9.17) is 5.73 Å². The van der Waals surface area contributed by atoms with Crippen LogP contribution in [0.2, 0.25) is 0 Å². The number of nitrogens with two attached hydrogens (primary N) is 1. The lowest BCUT2D eigenvalue weighted by Gasteiger charge is -2.39. The molecule has 1 atom stereocenters. The van der Waals surface area contributed by atoms with Crippen molar-refractivity contribution in [3.8, 4) is 0 Å². The summed E-state index contributed by atoms with van der Waals surface area (Å²) in [5.74, 6) is -1.85. The highest BCUT2D eigenvalue weighted by molar-refractivity contribution is 5.93. The van der Waals surface area contributed by atoms with Gasteiger partial charge >= 0.3 is 0 Å². The highest BCUT2D eigenvalue weighted by atomic mass is 35.5. The Balaban J connectivity index is 0.00000462. The van der Waals surface area contributed by atoms with Crippen LogP contribution in [-0.2, 0) is 9.59 Å². The van der Waals surface area contributed by atoms with Gasteiger partial charge < -0.3 is 11.1 Å². The second kappa shape index (κ2) is 15.0. The topological polar surface area (TPSA) is 78.7 Å². The number of piperazine rings is 1. The molecule has 4 rings (SSSR count). The molecule has 10 heteroatoms. The Morgan fingerprint density at radius 2 is 1.49 bits per heavy atom. The molecule has 220 valence electrons. The molecule has 2 amide bonds. The zero-order valence-electron chi connectivity index (χ0n) is 23.0. The van der Waals surface area contributed by atoms with Gasteiger partial charge in [0.1, 0.15) is 23.5 Å². The van der Waals surface area contributed by atoms with Gasteiger partial charge in [-0.25, -0.2) is 13.2 Å². The van der Waals surface area contributed by atoms with E-state index in [1.807, 2.05) is 0 Å². The predicted molar refractivity (Wildman–Crippen MR) is 157 cm³/mol. The van der Waals surface area contributed by atoms with Crippen molar-refractivity contribution in [2.45, 2.75) is 38.1 Å². The second-order valence-electron chi connectivity index (χ2n) is 10.3. The molecule has 3 aromatic rings. The lowest BCUT2D eigenvalue weighted by atomic mass is 9.87. The fourth-order valence-electron chi connectivity index (χ4n) is 5.24. The normalized spacial score (nSPS) is 15.9. The van der Waals surface area contributed by atoms with Gasteiger partial charge in [-0.15, -0.1) is 12.4 Å². The minimum Gasteiger partial charge on any atom is -0.368 e. The largest absolute Gasteiger partial charge is 0.368 e. The molecule has 0 spiro atoms. The summed E-state index contributed by atoms with van der Waals surface area (Å²) in [6.45, 7) is 4.11. The van der Waals surface area contributed by atoms with E-state index in [1.165, 1.54) is 36.4 Å². The first-order valence-corrected chi connectivity index (χ1v) is 13.5. The van der Waals surface area contributed by atoms with Crippen LogP contribution in [0.3, 0.4) is 0 Å². The van der Waals surface area contributed by atoms with E-state index in [0.29, 0.717) is 25.3 Å². The number of nitrogens with one attached hydrogen (secondary N) is 1.